The van der Waals surface area contributed by atoms with Gasteiger partial charge in [-0.25, -0.2) is 4.79 Å². The van der Waals surface area contributed by atoms with Crippen LogP contribution in [0, 0.1) is 0 Å². The van der Waals surface area contributed by atoms with Crippen LogP contribution in [0.5, 0.6) is 5.75 Å². The number of carbonyl (C=O) groups is 3. The number of fused-ring (bicyclic) bond motifs is 1. The van der Waals surface area contributed by atoms with E-state index in [2.05, 4.69) is 10.6 Å². The van der Waals surface area contributed by atoms with Crippen LogP contribution in [0.4, 0.5) is 10.5 Å². The molecule has 4 rings (SSSR count). The molecule has 10 heteroatoms. The zero-order valence-corrected chi connectivity index (χ0v) is 21.1. The molecule has 4 amide bonds. The van der Waals surface area contributed by atoms with Crippen molar-refractivity contribution >= 4 is 35.1 Å². The third-order valence-corrected chi connectivity index (χ3v) is 6.62. The van der Waals surface area contributed by atoms with Gasteiger partial charge >= 0.3 is 6.03 Å². The number of amides is 4. The molecule has 1 saturated carbocycles. The summed E-state index contributed by atoms with van der Waals surface area (Å²) in [5.74, 6) is -0.115. The van der Waals surface area contributed by atoms with E-state index in [0.717, 1.165) is 18.4 Å². The number of anilines is 1. The average Bonchev–Trinajstić information content (AvgIpc) is 3.69. The second kappa shape index (κ2) is 11.2. The quantitative estimate of drug-likeness (QED) is 0.526. The first-order valence-electron chi connectivity index (χ1n) is 12.1. The molecule has 1 aliphatic carbocycles. The van der Waals surface area contributed by atoms with Crippen LogP contribution in [0.1, 0.15) is 42.6 Å². The van der Waals surface area contributed by atoms with E-state index in [4.69, 9.17) is 16.3 Å². The molecule has 1 unspecified atom stereocenters. The van der Waals surface area contributed by atoms with Crippen LogP contribution in [-0.4, -0.2) is 65.7 Å². The van der Waals surface area contributed by atoms with E-state index in [1.807, 2.05) is 38.1 Å². The lowest BCUT2D eigenvalue weighted by atomic mass is 10.1. The Morgan fingerprint density at radius 3 is 2.61 bits per heavy atom. The van der Waals surface area contributed by atoms with Gasteiger partial charge in [0.1, 0.15) is 11.8 Å². The third-order valence-electron chi connectivity index (χ3n) is 6.31. The Kier molecular flexibility index (Phi) is 8.01. The van der Waals surface area contributed by atoms with E-state index in [0.29, 0.717) is 23.6 Å². The molecule has 0 saturated heterocycles. The van der Waals surface area contributed by atoms with E-state index in [9.17, 15) is 19.5 Å². The van der Waals surface area contributed by atoms with Crippen molar-refractivity contribution in [2.45, 2.75) is 51.4 Å². The molecule has 1 heterocycles. The van der Waals surface area contributed by atoms with Gasteiger partial charge in [0.05, 0.1) is 23.8 Å². The molecule has 2 atom stereocenters. The van der Waals surface area contributed by atoms with Gasteiger partial charge in [-0.15, -0.1) is 0 Å². The van der Waals surface area contributed by atoms with Gasteiger partial charge in [0.25, 0.3) is 5.91 Å². The van der Waals surface area contributed by atoms with E-state index in [-0.39, 0.29) is 30.1 Å². The molecular weight excluding hydrogens is 484 g/mol. The number of hydrogen-bond donors (Lipinski definition) is 3. The summed E-state index contributed by atoms with van der Waals surface area (Å²) in [4.78, 5) is 42.5. The molecule has 192 valence electrons. The molecule has 2 aromatic rings. The van der Waals surface area contributed by atoms with Gasteiger partial charge in [-0.05, 0) is 56.5 Å². The number of para-hydroxylation sites is 1. The van der Waals surface area contributed by atoms with Crippen LogP contribution in [0.25, 0.3) is 0 Å². The molecular formula is C26H31ClN4O5. The van der Waals surface area contributed by atoms with Gasteiger partial charge in [0, 0.05) is 30.9 Å². The number of carbonyl (C=O) groups excluding carboxylic acids is 3. The molecule has 2 aromatic carbocycles. The molecule has 36 heavy (non-hydrogen) atoms. The summed E-state index contributed by atoms with van der Waals surface area (Å²) in [6.45, 7) is 4.12. The van der Waals surface area contributed by atoms with Crippen molar-refractivity contribution in [2.75, 3.05) is 24.7 Å². The van der Waals surface area contributed by atoms with Crippen molar-refractivity contribution in [3.05, 3.63) is 58.6 Å². The standard InChI is InChI=1S/C26H31ClN4O5/c1-3-36-19-10-11-20(21(27)12-19)25(34)31-13-16(2)30(14-17-6-4-5-7-23(17)31)26(35)29-22(15-32)24(33)28-18-8-9-18/h4-7,10-12,16,18,22,32H,3,8-9,13-15H2,1-2H3,(H,28,33)(H,29,35)/t16-,22?/m1/s1. The van der Waals surface area contributed by atoms with Gasteiger partial charge in [-0.3, -0.25) is 9.59 Å². The fourth-order valence-electron chi connectivity index (χ4n) is 4.20. The van der Waals surface area contributed by atoms with Crippen molar-refractivity contribution in [2.24, 2.45) is 0 Å². The number of benzene rings is 2. The molecule has 0 radical (unpaired) electrons. The highest BCUT2D eigenvalue weighted by atomic mass is 35.5. The van der Waals surface area contributed by atoms with Crippen LogP contribution in [-0.2, 0) is 11.3 Å². The van der Waals surface area contributed by atoms with Crippen molar-refractivity contribution in [1.29, 1.82) is 0 Å². The minimum atomic E-state index is -1.05. The fourth-order valence-corrected chi connectivity index (χ4v) is 4.45. The number of urea groups is 1. The molecule has 1 fully saturated rings. The Morgan fingerprint density at radius 1 is 1.19 bits per heavy atom. The summed E-state index contributed by atoms with van der Waals surface area (Å²) < 4.78 is 5.48. The van der Waals surface area contributed by atoms with Gasteiger partial charge in [-0.1, -0.05) is 29.8 Å². The Labute approximate surface area is 215 Å². The molecule has 0 spiro atoms. The lowest BCUT2D eigenvalue weighted by molar-refractivity contribution is -0.124. The van der Waals surface area contributed by atoms with Gasteiger partial charge < -0.3 is 30.3 Å². The Balaban J connectivity index is 1.56. The number of hydrogen-bond acceptors (Lipinski definition) is 5. The second-order valence-corrected chi connectivity index (χ2v) is 9.47. The lowest BCUT2D eigenvalue weighted by Gasteiger charge is -2.30. The minimum absolute atomic E-state index is 0.112. The maximum Gasteiger partial charge on any atom is 0.318 e. The number of halogens is 1. The lowest BCUT2D eigenvalue weighted by Crippen LogP contribution is -2.55. The van der Waals surface area contributed by atoms with Crippen molar-refractivity contribution in [1.82, 2.24) is 15.5 Å². The van der Waals surface area contributed by atoms with Crippen LogP contribution in [0.15, 0.2) is 42.5 Å². The minimum Gasteiger partial charge on any atom is -0.494 e. The molecule has 9 nitrogen and oxygen atoms in total. The highest BCUT2D eigenvalue weighted by molar-refractivity contribution is 6.34. The molecule has 3 N–H and O–H groups in total. The molecule has 1 aliphatic heterocycles. The van der Waals surface area contributed by atoms with Crippen LogP contribution in [0.2, 0.25) is 5.02 Å². The first-order chi connectivity index (χ1) is 17.3. The van der Waals surface area contributed by atoms with Gasteiger partial charge in [-0.2, -0.15) is 0 Å². The zero-order valence-electron chi connectivity index (χ0n) is 20.4. The third kappa shape index (κ3) is 5.74. The normalized spacial score (nSPS) is 18.1. The fraction of sp³-hybridized carbons (Fsp3) is 0.423. The van der Waals surface area contributed by atoms with Crippen molar-refractivity contribution < 1.29 is 24.2 Å². The van der Waals surface area contributed by atoms with Crippen molar-refractivity contribution in [3.63, 3.8) is 0 Å². The molecule has 2 aliphatic rings. The molecule has 0 bridgehead atoms. The summed E-state index contributed by atoms with van der Waals surface area (Å²) in [6.07, 6.45) is 1.81. The molecule has 0 aromatic heterocycles. The second-order valence-electron chi connectivity index (χ2n) is 9.06. The predicted octanol–water partition coefficient (Wildman–Crippen LogP) is 2.94. The van der Waals surface area contributed by atoms with Gasteiger partial charge in [0.2, 0.25) is 5.91 Å². The Hall–Kier alpha value is -3.30. The number of ether oxygens (including phenoxy) is 1. The number of nitrogens with zero attached hydrogens (tertiary/aromatic N) is 2. The highest BCUT2D eigenvalue weighted by Crippen LogP contribution is 2.31. The zero-order chi connectivity index (χ0) is 25.8. The highest BCUT2D eigenvalue weighted by Gasteiger charge is 2.34. The summed E-state index contributed by atoms with van der Waals surface area (Å²) in [6, 6.07) is 10.5. The first-order valence-corrected chi connectivity index (χ1v) is 12.5. The number of nitrogens with one attached hydrogen (secondary N) is 2. The smallest absolute Gasteiger partial charge is 0.318 e. The van der Waals surface area contributed by atoms with Crippen LogP contribution >= 0.6 is 11.6 Å². The van der Waals surface area contributed by atoms with E-state index >= 15 is 0 Å². The van der Waals surface area contributed by atoms with E-state index in [1.54, 1.807) is 28.0 Å². The number of rotatable bonds is 7. The maximum absolute atomic E-state index is 13.6. The van der Waals surface area contributed by atoms with Crippen LogP contribution in [0.3, 0.4) is 0 Å². The average molecular weight is 515 g/mol. The number of aliphatic hydroxyl groups is 1. The monoisotopic (exact) mass is 514 g/mol. The topological polar surface area (TPSA) is 111 Å². The Bertz CT molecular complexity index is 1140. The van der Waals surface area contributed by atoms with Crippen molar-refractivity contribution in [3.8, 4) is 5.75 Å². The Morgan fingerprint density at radius 2 is 1.94 bits per heavy atom. The first kappa shape index (κ1) is 25.8. The summed E-state index contributed by atoms with van der Waals surface area (Å²) in [5, 5.41) is 15.4. The predicted molar refractivity (Wildman–Crippen MR) is 136 cm³/mol. The summed E-state index contributed by atoms with van der Waals surface area (Å²) in [7, 11) is 0. The van der Waals surface area contributed by atoms with E-state index < -0.39 is 30.6 Å². The van der Waals surface area contributed by atoms with Crippen LogP contribution < -0.4 is 20.3 Å². The SMILES string of the molecule is CCOc1ccc(C(=O)N2C[C@@H](C)N(C(=O)NC(CO)C(=O)NC3CC3)Cc3ccccc32)c(Cl)c1. The summed E-state index contributed by atoms with van der Waals surface area (Å²) in [5.41, 5.74) is 1.78. The largest absolute Gasteiger partial charge is 0.494 e. The maximum atomic E-state index is 13.6. The summed E-state index contributed by atoms with van der Waals surface area (Å²) >= 11 is 6.44. The number of aliphatic hydroxyl groups excluding tert-OH is 1. The van der Waals surface area contributed by atoms with Gasteiger partial charge in [0.15, 0.2) is 0 Å². The van der Waals surface area contributed by atoms with E-state index in [1.165, 1.54) is 0 Å².